The molecule has 11 rings (SSSR count). The number of anilines is 4. The first-order valence-corrected chi connectivity index (χ1v) is 25.8. The predicted molar refractivity (Wildman–Crippen MR) is 299 cm³/mol. The molecule has 8 aromatic carbocycles. The van der Waals surface area contributed by atoms with Gasteiger partial charge in [0.2, 0.25) is 0 Å². The zero-order valence-electron chi connectivity index (χ0n) is 47.3. The third-order valence-corrected chi connectivity index (χ3v) is 15.5. The predicted octanol–water partition coefficient (Wildman–Crippen LogP) is 15.9. The molecule has 3 heterocycles. The fourth-order valence-corrected chi connectivity index (χ4v) is 10.8. The molecule has 2 aromatic heterocycles. The molecule has 1 aliphatic rings. The number of para-hydroxylation sites is 4. The minimum atomic E-state index is -0.441. The molecule has 0 unspecified atom stereocenters. The van der Waals surface area contributed by atoms with E-state index in [0.717, 1.165) is 59.6 Å². The van der Waals surface area contributed by atoms with Crippen LogP contribution in [0.2, 0.25) is 0 Å². The summed E-state index contributed by atoms with van der Waals surface area (Å²) in [5.74, 6) is 1.57. The van der Waals surface area contributed by atoms with Gasteiger partial charge in [-0.2, -0.15) is 12.1 Å². The SMILES string of the molecule is [2H]c1c([2H])c([2H])c(-c2cc(C(C)(C)C(C)(C)C)cc(-c3ccccc3)c2-n2[c](=[Pt])n(-c3[c-]c(Oc4cc(C(C)(C)C)cc(N5B(c6ccccc6)N(c6ccccc6)c6ccc[c-]c65)n4)ccc3)c3ccccc32)c([2H])c1[2H]. The Kier molecular flexibility index (Phi) is 10.9. The van der Waals surface area contributed by atoms with Gasteiger partial charge < -0.3 is 0 Å². The number of hydrogen-bond donors (Lipinski definition) is 0. The molecule has 0 atom stereocenters. The molecular weight excluding hydrogens is 1070 g/mol. The quantitative estimate of drug-likeness (QED) is 0.101. The maximum atomic E-state index is 9.44. The van der Waals surface area contributed by atoms with E-state index in [9.17, 15) is 2.74 Å². The van der Waals surface area contributed by atoms with Crippen molar-refractivity contribution in [3.63, 3.8) is 0 Å². The summed E-state index contributed by atoms with van der Waals surface area (Å²) in [7, 11) is 0. The molecule has 0 fully saturated rings. The van der Waals surface area contributed by atoms with E-state index < -0.39 is 23.5 Å². The molecule has 1 aliphatic heterocycles. The van der Waals surface area contributed by atoms with Gasteiger partial charge >= 0.3 is 367 Å². The zero-order valence-corrected chi connectivity index (χ0v) is 44.6. The van der Waals surface area contributed by atoms with Crippen LogP contribution in [0.25, 0.3) is 44.7 Å². The molecule has 0 radical (unpaired) electrons. The number of fused-ring (bicyclic) bond motifs is 2. The summed E-state index contributed by atoms with van der Waals surface area (Å²) in [6, 6.07) is 65.0. The van der Waals surface area contributed by atoms with Crippen LogP contribution in [0.4, 0.5) is 22.9 Å². The Morgan fingerprint density at radius 2 is 1.23 bits per heavy atom. The van der Waals surface area contributed by atoms with Crippen LogP contribution in [-0.4, -0.2) is 21.1 Å². The summed E-state index contributed by atoms with van der Waals surface area (Å²) in [4.78, 5) is 9.94. The summed E-state index contributed by atoms with van der Waals surface area (Å²) >= 11 is 2.35. The van der Waals surface area contributed by atoms with Crippen molar-refractivity contribution >= 4 is 46.4 Å². The number of ether oxygens (including phenoxy) is 1. The van der Waals surface area contributed by atoms with E-state index in [1.54, 1.807) is 0 Å². The molecule has 0 N–H and O–H groups in total. The van der Waals surface area contributed by atoms with Gasteiger partial charge in [0.05, 0.1) is 0 Å². The van der Waals surface area contributed by atoms with Crippen LogP contribution in [0.5, 0.6) is 11.6 Å². The second-order valence-corrected chi connectivity index (χ2v) is 22.1. The second-order valence-electron chi connectivity index (χ2n) is 21.1. The fraction of sp³-hybridized carbons (Fsp3) is 0.169. The van der Waals surface area contributed by atoms with E-state index in [4.69, 9.17) is 13.8 Å². The van der Waals surface area contributed by atoms with Gasteiger partial charge in [-0.25, -0.2) is 0 Å². The molecule has 0 amide bonds. The molecular formula is C65H58BN5OPt-2. The van der Waals surface area contributed by atoms with Crippen LogP contribution < -0.4 is 19.8 Å². The van der Waals surface area contributed by atoms with Crippen molar-refractivity contribution in [2.75, 3.05) is 9.62 Å². The molecule has 73 heavy (non-hydrogen) atoms. The first-order valence-electron chi connectivity index (χ1n) is 27.2. The van der Waals surface area contributed by atoms with Crippen molar-refractivity contribution in [2.45, 2.75) is 66.2 Å². The van der Waals surface area contributed by atoms with Crippen molar-refractivity contribution in [1.82, 2.24) is 14.1 Å². The summed E-state index contributed by atoms with van der Waals surface area (Å²) < 4.78 is 57.3. The van der Waals surface area contributed by atoms with Gasteiger partial charge in [-0.1, -0.05) is 48.5 Å². The Morgan fingerprint density at radius 3 is 1.90 bits per heavy atom. The van der Waals surface area contributed by atoms with Crippen molar-refractivity contribution in [3.05, 3.63) is 233 Å². The Hall–Kier alpha value is -7.47. The van der Waals surface area contributed by atoms with Crippen LogP contribution >= 0.6 is 0 Å². The van der Waals surface area contributed by atoms with Gasteiger partial charge in [0.1, 0.15) is 0 Å². The summed E-state index contributed by atoms with van der Waals surface area (Å²) in [6.45, 7) is 17.3. The van der Waals surface area contributed by atoms with Crippen molar-refractivity contribution in [3.8, 4) is 45.3 Å². The first kappa shape index (κ1) is 42.1. The zero-order chi connectivity index (χ0) is 55.0. The molecule has 8 heteroatoms. The van der Waals surface area contributed by atoms with Crippen LogP contribution in [0, 0.1) is 21.4 Å². The van der Waals surface area contributed by atoms with Crippen LogP contribution in [0.1, 0.15) is 73.4 Å². The molecule has 0 spiro atoms. The number of benzene rings is 8. The van der Waals surface area contributed by atoms with Gasteiger partial charge in [-0.3, -0.25) is 0 Å². The van der Waals surface area contributed by atoms with Gasteiger partial charge in [0.25, 0.3) is 0 Å². The number of aromatic nitrogens is 3. The molecule has 0 saturated heterocycles. The van der Waals surface area contributed by atoms with Gasteiger partial charge in [0.15, 0.2) is 0 Å². The number of hydrogen-bond acceptors (Lipinski definition) is 4. The maximum absolute atomic E-state index is 9.44. The van der Waals surface area contributed by atoms with Crippen molar-refractivity contribution in [1.29, 1.82) is 0 Å². The van der Waals surface area contributed by atoms with E-state index >= 15 is 0 Å². The average Bonchev–Trinajstić information content (AvgIpc) is 4.12. The Labute approximate surface area is 448 Å². The molecule has 364 valence electrons. The number of pyridine rings is 1. The van der Waals surface area contributed by atoms with E-state index in [0.29, 0.717) is 34.4 Å². The summed E-state index contributed by atoms with van der Waals surface area (Å²) in [6.07, 6.45) is 0. The average molecular weight is 1140 g/mol. The molecule has 0 bridgehead atoms. The van der Waals surface area contributed by atoms with E-state index in [-0.39, 0.29) is 35.5 Å². The Balaban J connectivity index is 1.10. The van der Waals surface area contributed by atoms with Crippen LogP contribution in [0.3, 0.4) is 0 Å². The summed E-state index contributed by atoms with van der Waals surface area (Å²) in [5, 5.41) is 0. The van der Waals surface area contributed by atoms with Gasteiger partial charge in [-0.15, -0.1) is 6.07 Å². The molecule has 0 saturated carbocycles. The van der Waals surface area contributed by atoms with E-state index in [1.807, 2.05) is 84.9 Å². The van der Waals surface area contributed by atoms with E-state index in [1.165, 1.54) is 0 Å². The van der Waals surface area contributed by atoms with Crippen LogP contribution in [-0.2, 0) is 30.2 Å². The third kappa shape index (κ3) is 8.78. The molecule has 6 nitrogen and oxygen atoms in total. The number of nitrogens with zero attached hydrogens (tertiary/aromatic N) is 5. The van der Waals surface area contributed by atoms with Crippen LogP contribution in [0.15, 0.2) is 206 Å². The Bertz CT molecular complexity index is 3970. The minimum absolute atomic E-state index is 0.129. The Morgan fingerprint density at radius 1 is 0.603 bits per heavy atom. The number of imidazole rings is 1. The second kappa shape index (κ2) is 18.9. The third-order valence-electron chi connectivity index (χ3n) is 14.5. The monoisotopic (exact) mass is 1140 g/mol. The molecule has 0 aliphatic carbocycles. The topological polar surface area (TPSA) is 38.5 Å². The fourth-order valence-electron chi connectivity index (χ4n) is 9.68. The summed E-state index contributed by atoms with van der Waals surface area (Å²) in [5.41, 5.74) is 10.6. The standard InChI is InChI=1S/C65H58BN5O.Pt/c1-63(2,3)48-42-60(71-59-39-24-23-38-58(59)70(51-32-19-12-20-33-51)66(71)50-30-17-11-18-31-50)67-61(43-48)72-53-35-25-34-52(44-53)68-45-69(57-37-22-21-36-56(57)68)62-54(46-26-13-9-14-27-46)40-49(65(7,8)64(4,5)6)41-55(62)47-28-15-10-16-29-47;/h9-38,40-43H,1-8H3;/q-2;/i9D,13D,14D,26D,27D;. The first-order chi connectivity index (χ1) is 37.2. The van der Waals surface area contributed by atoms with Crippen molar-refractivity contribution in [2.24, 2.45) is 5.41 Å². The normalized spacial score (nSPS) is 13.9. The van der Waals surface area contributed by atoms with E-state index in [2.05, 4.69) is 197 Å². The molecule has 10 aromatic rings. The number of rotatable bonds is 10. The van der Waals surface area contributed by atoms with Crippen molar-refractivity contribution < 1.29 is 30.9 Å². The van der Waals surface area contributed by atoms with Gasteiger partial charge in [0, 0.05) is 5.69 Å². The van der Waals surface area contributed by atoms with Gasteiger partial charge in [-0.05, 0) is 12.1 Å².